The lowest BCUT2D eigenvalue weighted by molar-refractivity contribution is -0.170. The molecule has 2 unspecified atom stereocenters. The van der Waals surface area contributed by atoms with Gasteiger partial charge in [-0.1, -0.05) is 0 Å². The molecule has 2 rings (SSSR count). The van der Waals surface area contributed by atoms with E-state index in [0.717, 1.165) is 6.07 Å². The number of benzene rings is 1. The topological polar surface area (TPSA) is 125 Å². The summed E-state index contributed by atoms with van der Waals surface area (Å²) in [4.78, 5) is 38.0. The second-order valence-electron chi connectivity index (χ2n) is 9.62. The summed E-state index contributed by atoms with van der Waals surface area (Å²) < 4.78 is 30.8. The Hall–Kier alpha value is -2.84. The Labute approximate surface area is 180 Å². The maximum atomic E-state index is 14.6. The molecule has 3 atom stereocenters. The van der Waals surface area contributed by atoms with E-state index in [1.165, 1.54) is 6.07 Å². The summed E-state index contributed by atoms with van der Waals surface area (Å²) in [6.07, 6.45) is -0.481. The standard InChI is InChI=1S/C22H30FNO7/c1-21(2,3)30-16(26)9-12(20(28)31-22(4,5)6)17(19(24)27)13-10-29-15-8-11(25)7-14(23)18(13)15/h7-8,12-13,17,25H,9-10H2,1-6H3,(H2,24,27)/t12-,13?,17?/m0/s1. The van der Waals surface area contributed by atoms with Crippen LogP contribution in [-0.4, -0.2) is 40.8 Å². The summed E-state index contributed by atoms with van der Waals surface area (Å²) in [5, 5.41) is 9.62. The van der Waals surface area contributed by atoms with Gasteiger partial charge in [-0.3, -0.25) is 14.4 Å². The van der Waals surface area contributed by atoms with Crippen LogP contribution in [0.25, 0.3) is 0 Å². The molecule has 0 saturated heterocycles. The Balaban J connectivity index is 2.47. The summed E-state index contributed by atoms with van der Waals surface area (Å²) in [6.45, 7) is 9.78. The predicted octanol–water partition coefficient (Wildman–Crippen LogP) is 2.80. The first-order chi connectivity index (χ1) is 14.1. The van der Waals surface area contributed by atoms with Gasteiger partial charge in [0.2, 0.25) is 5.91 Å². The highest BCUT2D eigenvalue weighted by molar-refractivity contribution is 5.88. The Morgan fingerprint density at radius 2 is 1.74 bits per heavy atom. The SMILES string of the molecule is CC(C)(C)OC(=O)C[C@H](C(=O)OC(C)(C)C)C(C(N)=O)C1COc2cc(O)cc(F)c21. The summed E-state index contributed by atoms with van der Waals surface area (Å²) in [5.41, 5.74) is 3.93. The van der Waals surface area contributed by atoms with Crippen molar-refractivity contribution >= 4 is 17.8 Å². The number of carbonyl (C=O) groups is 3. The first kappa shape index (κ1) is 24.4. The number of fused-ring (bicyclic) bond motifs is 1. The van der Waals surface area contributed by atoms with Crippen molar-refractivity contribution in [2.75, 3.05) is 6.61 Å². The van der Waals surface area contributed by atoms with Gasteiger partial charge in [-0.25, -0.2) is 4.39 Å². The first-order valence-corrected chi connectivity index (χ1v) is 9.98. The highest BCUT2D eigenvalue weighted by atomic mass is 19.1. The van der Waals surface area contributed by atoms with Gasteiger partial charge in [0.05, 0.1) is 24.9 Å². The zero-order valence-electron chi connectivity index (χ0n) is 18.7. The second kappa shape index (κ2) is 8.72. The number of esters is 2. The van der Waals surface area contributed by atoms with Gasteiger partial charge in [0.1, 0.15) is 28.5 Å². The van der Waals surface area contributed by atoms with E-state index in [1.54, 1.807) is 41.5 Å². The van der Waals surface area contributed by atoms with Crippen LogP contribution in [0.1, 0.15) is 59.4 Å². The lowest BCUT2D eigenvalue weighted by atomic mass is 9.76. The molecule has 0 spiro atoms. The number of phenols is 1. The van der Waals surface area contributed by atoms with E-state index in [4.69, 9.17) is 19.9 Å². The third-order valence-electron chi connectivity index (χ3n) is 4.58. The lowest BCUT2D eigenvalue weighted by Crippen LogP contribution is -2.43. The number of phenolic OH excluding ortho intramolecular Hbond substituents is 1. The monoisotopic (exact) mass is 439 g/mol. The number of ether oxygens (including phenoxy) is 3. The van der Waals surface area contributed by atoms with Crippen molar-refractivity contribution < 1.29 is 38.1 Å². The zero-order valence-corrected chi connectivity index (χ0v) is 18.7. The van der Waals surface area contributed by atoms with Crippen LogP contribution in [0.4, 0.5) is 4.39 Å². The number of rotatable bonds is 6. The fourth-order valence-corrected chi connectivity index (χ4v) is 3.58. The maximum Gasteiger partial charge on any atom is 0.310 e. The highest BCUT2D eigenvalue weighted by Gasteiger charge is 2.46. The van der Waals surface area contributed by atoms with Crippen molar-refractivity contribution in [3.8, 4) is 11.5 Å². The van der Waals surface area contributed by atoms with Crippen molar-refractivity contribution in [3.63, 3.8) is 0 Å². The van der Waals surface area contributed by atoms with E-state index in [0.29, 0.717) is 0 Å². The van der Waals surface area contributed by atoms with Gasteiger partial charge in [0.15, 0.2) is 0 Å². The van der Waals surface area contributed by atoms with Gasteiger partial charge >= 0.3 is 11.9 Å². The molecule has 1 amide bonds. The Morgan fingerprint density at radius 3 is 2.26 bits per heavy atom. The smallest absolute Gasteiger partial charge is 0.310 e. The molecule has 31 heavy (non-hydrogen) atoms. The van der Waals surface area contributed by atoms with E-state index >= 15 is 0 Å². The molecule has 1 aliphatic rings. The molecule has 172 valence electrons. The highest BCUT2D eigenvalue weighted by Crippen LogP contribution is 2.45. The number of primary amides is 1. The molecule has 0 aromatic heterocycles. The van der Waals surface area contributed by atoms with Gasteiger partial charge in [0, 0.05) is 23.6 Å². The first-order valence-electron chi connectivity index (χ1n) is 9.98. The number of aromatic hydroxyl groups is 1. The van der Waals surface area contributed by atoms with Crippen LogP contribution in [0.2, 0.25) is 0 Å². The van der Waals surface area contributed by atoms with Crippen LogP contribution in [0.5, 0.6) is 11.5 Å². The van der Waals surface area contributed by atoms with Gasteiger partial charge in [0.25, 0.3) is 0 Å². The Morgan fingerprint density at radius 1 is 1.16 bits per heavy atom. The zero-order chi connectivity index (χ0) is 23.7. The molecule has 0 saturated carbocycles. The van der Waals surface area contributed by atoms with Crippen LogP contribution >= 0.6 is 0 Å². The molecular weight excluding hydrogens is 409 g/mol. The molecule has 1 aromatic carbocycles. The van der Waals surface area contributed by atoms with Crippen molar-refractivity contribution in [1.29, 1.82) is 0 Å². The third-order valence-corrected chi connectivity index (χ3v) is 4.58. The Kier molecular flexibility index (Phi) is 6.87. The summed E-state index contributed by atoms with van der Waals surface area (Å²) in [5.74, 6) is -7.12. The molecule has 3 N–H and O–H groups in total. The van der Waals surface area contributed by atoms with Crippen molar-refractivity contribution in [1.82, 2.24) is 0 Å². The van der Waals surface area contributed by atoms with E-state index in [-0.39, 0.29) is 23.7 Å². The molecule has 9 heteroatoms. The van der Waals surface area contributed by atoms with E-state index < -0.39 is 59.0 Å². The largest absolute Gasteiger partial charge is 0.508 e. The average Bonchev–Trinajstić information content (AvgIpc) is 2.94. The molecule has 0 aliphatic carbocycles. The molecule has 1 aromatic rings. The van der Waals surface area contributed by atoms with Crippen LogP contribution in [-0.2, 0) is 23.9 Å². The van der Waals surface area contributed by atoms with Crippen LogP contribution < -0.4 is 10.5 Å². The third kappa shape index (κ3) is 6.32. The normalized spacial score (nSPS) is 17.8. The molecular formula is C22H30FNO7. The van der Waals surface area contributed by atoms with E-state index in [2.05, 4.69) is 0 Å². The van der Waals surface area contributed by atoms with Gasteiger partial charge in [-0.2, -0.15) is 0 Å². The number of nitrogens with two attached hydrogens (primary N) is 1. The van der Waals surface area contributed by atoms with Gasteiger partial charge in [-0.15, -0.1) is 0 Å². The number of amides is 1. The fourth-order valence-electron chi connectivity index (χ4n) is 3.58. The quantitative estimate of drug-likeness (QED) is 0.653. The fraction of sp³-hybridized carbons (Fsp3) is 0.591. The lowest BCUT2D eigenvalue weighted by Gasteiger charge is -2.30. The second-order valence-corrected chi connectivity index (χ2v) is 9.62. The van der Waals surface area contributed by atoms with Gasteiger partial charge < -0.3 is 25.1 Å². The van der Waals surface area contributed by atoms with Crippen molar-refractivity contribution in [2.45, 2.75) is 65.1 Å². The molecule has 1 aliphatic heterocycles. The molecule has 0 radical (unpaired) electrons. The predicted molar refractivity (Wildman–Crippen MR) is 109 cm³/mol. The number of hydrogen-bond acceptors (Lipinski definition) is 7. The minimum atomic E-state index is -1.32. The number of halogens is 1. The van der Waals surface area contributed by atoms with Crippen LogP contribution in [0.3, 0.4) is 0 Å². The van der Waals surface area contributed by atoms with Gasteiger partial charge in [-0.05, 0) is 41.5 Å². The van der Waals surface area contributed by atoms with Crippen molar-refractivity contribution in [3.05, 3.63) is 23.5 Å². The Bertz CT molecular complexity index is 870. The summed E-state index contributed by atoms with van der Waals surface area (Å²) >= 11 is 0. The van der Waals surface area contributed by atoms with E-state index in [9.17, 15) is 23.9 Å². The van der Waals surface area contributed by atoms with E-state index in [1.807, 2.05) is 0 Å². The summed E-state index contributed by atoms with van der Waals surface area (Å²) in [7, 11) is 0. The minimum absolute atomic E-state index is 0.0133. The number of hydrogen-bond donors (Lipinski definition) is 2. The number of carbonyl (C=O) groups excluding carboxylic acids is 3. The molecule has 0 bridgehead atoms. The molecule has 0 fully saturated rings. The molecule has 1 heterocycles. The summed E-state index contributed by atoms with van der Waals surface area (Å²) in [6, 6.07) is 2.10. The maximum absolute atomic E-state index is 14.6. The van der Waals surface area contributed by atoms with Crippen molar-refractivity contribution in [2.24, 2.45) is 17.6 Å². The average molecular weight is 439 g/mol. The van der Waals surface area contributed by atoms with Crippen LogP contribution in [0, 0.1) is 17.7 Å². The molecule has 8 nitrogen and oxygen atoms in total. The minimum Gasteiger partial charge on any atom is -0.508 e. The van der Waals surface area contributed by atoms with Crippen LogP contribution in [0.15, 0.2) is 12.1 Å².